The highest BCUT2D eigenvalue weighted by Crippen LogP contribution is 2.34. The summed E-state index contributed by atoms with van der Waals surface area (Å²) in [5.74, 6) is -1.67. The number of alkyl halides is 3. The first-order valence-electron chi connectivity index (χ1n) is 8.16. The van der Waals surface area contributed by atoms with Gasteiger partial charge in [0.15, 0.2) is 5.69 Å². The summed E-state index contributed by atoms with van der Waals surface area (Å²) >= 11 is 0. The Morgan fingerprint density at radius 2 is 1.86 bits per heavy atom. The molecule has 0 saturated heterocycles. The van der Waals surface area contributed by atoms with Crippen LogP contribution in [-0.4, -0.2) is 28.3 Å². The molecule has 0 aliphatic carbocycles. The molecular weight excluding hydrogens is 377 g/mol. The van der Waals surface area contributed by atoms with Crippen molar-refractivity contribution in [2.45, 2.75) is 26.9 Å². The quantitative estimate of drug-likeness (QED) is 0.782. The predicted molar refractivity (Wildman–Crippen MR) is 92.5 cm³/mol. The van der Waals surface area contributed by atoms with Gasteiger partial charge in [0.25, 0.3) is 0 Å². The summed E-state index contributed by atoms with van der Waals surface area (Å²) in [4.78, 5) is 23.8. The van der Waals surface area contributed by atoms with Crippen LogP contribution in [0.2, 0.25) is 0 Å². The molecule has 1 aromatic heterocycles. The van der Waals surface area contributed by atoms with Crippen molar-refractivity contribution >= 4 is 17.6 Å². The number of carbonyl (C=O) groups is 2. The van der Waals surface area contributed by atoms with E-state index in [2.05, 4.69) is 15.2 Å². The Bertz CT molecular complexity index is 925. The lowest BCUT2D eigenvalue weighted by Crippen LogP contribution is -2.29. The molecule has 0 saturated carbocycles. The molecule has 0 radical (unpaired) electrons. The van der Waals surface area contributed by atoms with Gasteiger partial charge in [-0.25, -0.2) is 9.48 Å². The molecule has 7 nitrogen and oxygen atoms in total. The Morgan fingerprint density at radius 1 is 1.25 bits per heavy atom. The summed E-state index contributed by atoms with van der Waals surface area (Å²) in [5, 5.41) is 15.1. The van der Waals surface area contributed by atoms with E-state index >= 15 is 0 Å². The monoisotopic (exact) mass is 394 g/mol. The van der Waals surface area contributed by atoms with Gasteiger partial charge in [-0.2, -0.15) is 23.5 Å². The van der Waals surface area contributed by atoms with Crippen LogP contribution in [0.1, 0.15) is 36.8 Å². The maximum absolute atomic E-state index is 13.5. The lowest BCUT2D eigenvalue weighted by Gasteiger charge is -2.16. The molecule has 1 amide bonds. The molecule has 2 rings (SSSR count). The van der Waals surface area contributed by atoms with E-state index in [-0.39, 0.29) is 12.3 Å². The molecule has 0 atom stereocenters. The number of carbonyl (C=O) groups excluding carboxylic acids is 2. The van der Waals surface area contributed by atoms with Crippen LogP contribution in [0, 0.1) is 16.7 Å². The zero-order valence-electron chi connectivity index (χ0n) is 15.3. The van der Waals surface area contributed by atoms with E-state index in [9.17, 15) is 22.8 Å². The second-order valence-electron chi connectivity index (χ2n) is 6.27. The third kappa shape index (κ3) is 4.31. The van der Waals surface area contributed by atoms with Crippen LogP contribution in [0.3, 0.4) is 0 Å². The van der Waals surface area contributed by atoms with E-state index in [4.69, 9.17) is 5.26 Å². The zero-order valence-corrected chi connectivity index (χ0v) is 15.3. The number of nitriles is 1. The first-order chi connectivity index (χ1) is 13.0. The number of nitrogens with zero attached hydrogens (tertiary/aromatic N) is 3. The van der Waals surface area contributed by atoms with Crippen molar-refractivity contribution in [3.63, 3.8) is 0 Å². The Morgan fingerprint density at radius 3 is 2.36 bits per heavy atom. The average molecular weight is 394 g/mol. The van der Waals surface area contributed by atoms with Gasteiger partial charge in [-0.3, -0.25) is 4.79 Å². The number of anilines is 1. The van der Waals surface area contributed by atoms with Gasteiger partial charge in [-0.05, 0) is 45.0 Å². The Labute approximate surface area is 158 Å². The Kier molecular flexibility index (Phi) is 5.78. The molecule has 10 heteroatoms. The Hall–Kier alpha value is -3.35. The first kappa shape index (κ1) is 21.0. The van der Waals surface area contributed by atoms with Crippen LogP contribution in [-0.2, 0) is 15.7 Å². The molecule has 0 aliphatic rings. The fourth-order valence-electron chi connectivity index (χ4n) is 2.20. The van der Waals surface area contributed by atoms with Gasteiger partial charge in [0.2, 0.25) is 5.91 Å². The van der Waals surface area contributed by atoms with Gasteiger partial charge >= 0.3 is 12.1 Å². The highest BCUT2D eigenvalue weighted by Gasteiger charge is 2.41. The molecule has 0 unspecified atom stereocenters. The standard InChI is InChI=1S/C18H17F3N4O3/c1-4-28-15(26)13-9-23-25(14(13)18(19,20)21)12-7-5-11(6-8-12)24-16(27)17(2,3)10-22/h5-9H,4H2,1-3H3,(H,24,27). The number of nitrogens with one attached hydrogen (secondary N) is 1. The number of halogens is 3. The molecule has 0 aliphatic heterocycles. The second kappa shape index (κ2) is 7.72. The molecule has 1 heterocycles. The largest absolute Gasteiger partial charge is 0.462 e. The van der Waals surface area contributed by atoms with Gasteiger partial charge in [-0.15, -0.1) is 0 Å². The SMILES string of the molecule is CCOC(=O)c1cnn(-c2ccc(NC(=O)C(C)(C)C#N)cc2)c1C(F)(F)F. The van der Waals surface area contributed by atoms with Crippen molar-refractivity contribution < 1.29 is 27.5 Å². The molecule has 28 heavy (non-hydrogen) atoms. The average Bonchev–Trinajstić information content (AvgIpc) is 3.08. The van der Waals surface area contributed by atoms with Gasteiger partial charge in [0, 0.05) is 5.69 Å². The number of ether oxygens (including phenoxy) is 1. The van der Waals surface area contributed by atoms with Crippen LogP contribution in [0.15, 0.2) is 30.5 Å². The summed E-state index contributed by atoms with van der Waals surface area (Å²) in [6.45, 7) is 4.28. The lowest BCUT2D eigenvalue weighted by atomic mass is 9.94. The number of rotatable bonds is 5. The molecule has 0 spiro atoms. The van der Waals surface area contributed by atoms with Gasteiger partial charge in [0.1, 0.15) is 11.0 Å². The van der Waals surface area contributed by atoms with Crippen molar-refractivity contribution in [2.24, 2.45) is 5.41 Å². The van der Waals surface area contributed by atoms with Crippen molar-refractivity contribution in [1.29, 1.82) is 5.26 Å². The summed E-state index contributed by atoms with van der Waals surface area (Å²) < 4.78 is 45.7. The molecular formula is C18H17F3N4O3. The highest BCUT2D eigenvalue weighted by atomic mass is 19.4. The molecule has 0 bridgehead atoms. The van der Waals surface area contributed by atoms with Crippen LogP contribution in [0.5, 0.6) is 0 Å². The zero-order chi connectivity index (χ0) is 21.1. The molecule has 1 aromatic carbocycles. The smallest absolute Gasteiger partial charge is 0.434 e. The fourth-order valence-corrected chi connectivity index (χ4v) is 2.20. The maximum Gasteiger partial charge on any atom is 0.434 e. The minimum atomic E-state index is -4.84. The van der Waals surface area contributed by atoms with Crippen LogP contribution in [0.25, 0.3) is 5.69 Å². The van der Waals surface area contributed by atoms with Crippen molar-refractivity contribution in [3.05, 3.63) is 41.7 Å². The van der Waals surface area contributed by atoms with E-state index in [1.54, 1.807) is 0 Å². The second-order valence-corrected chi connectivity index (χ2v) is 6.27. The molecule has 148 valence electrons. The summed E-state index contributed by atoms with van der Waals surface area (Å²) in [7, 11) is 0. The summed E-state index contributed by atoms with van der Waals surface area (Å²) in [6.07, 6.45) is -4.05. The van der Waals surface area contributed by atoms with Crippen LogP contribution < -0.4 is 5.32 Å². The van der Waals surface area contributed by atoms with Crippen molar-refractivity contribution in [2.75, 3.05) is 11.9 Å². The van der Waals surface area contributed by atoms with Gasteiger partial charge in [0.05, 0.1) is 24.6 Å². The summed E-state index contributed by atoms with van der Waals surface area (Å²) in [5.41, 5.74) is -2.89. The van der Waals surface area contributed by atoms with E-state index < -0.39 is 34.7 Å². The van der Waals surface area contributed by atoms with Crippen LogP contribution >= 0.6 is 0 Å². The van der Waals surface area contributed by atoms with Crippen molar-refractivity contribution in [3.8, 4) is 11.8 Å². The van der Waals surface area contributed by atoms with E-state index in [0.29, 0.717) is 10.4 Å². The third-order valence-corrected chi connectivity index (χ3v) is 3.75. The minimum Gasteiger partial charge on any atom is -0.462 e. The Balaban J connectivity index is 2.38. The predicted octanol–water partition coefficient (Wildman–Crippen LogP) is 3.56. The normalized spacial score (nSPS) is 11.6. The number of aromatic nitrogens is 2. The molecule has 1 N–H and O–H groups in total. The lowest BCUT2D eigenvalue weighted by molar-refractivity contribution is -0.143. The van der Waals surface area contributed by atoms with E-state index in [1.807, 2.05) is 6.07 Å². The number of amides is 1. The number of esters is 1. The topological polar surface area (TPSA) is 97.0 Å². The van der Waals surface area contributed by atoms with E-state index in [1.165, 1.54) is 45.0 Å². The van der Waals surface area contributed by atoms with Gasteiger partial charge in [-0.1, -0.05) is 0 Å². The van der Waals surface area contributed by atoms with Crippen LogP contribution in [0.4, 0.5) is 18.9 Å². The highest BCUT2D eigenvalue weighted by molar-refractivity contribution is 5.96. The third-order valence-electron chi connectivity index (χ3n) is 3.75. The summed E-state index contributed by atoms with van der Waals surface area (Å²) in [6, 6.07) is 7.18. The molecule has 0 fully saturated rings. The maximum atomic E-state index is 13.5. The number of hydrogen-bond donors (Lipinski definition) is 1. The van der Waals surface area contributed by atoms with E-state index in [0.717, 1.165) is 6.20 Å². The number of hydrogen-bond acceptors (Lipinski definition) is 5. The fraction of sp³-hybridized carbons (Fsp3) is 0.333. The van der Waals surface area contributed by atoms with Crippen molar-refractivity contribution in [1.82, 2.24) is 9.78 Å². The van der Waals surface area contributed by atoms with Gasteiger partial charge < -0.3 is 10.1 Å². The minimum absolute atomic E-state index is 0.0282. The number of benzene rings is 1. The first-order valence-corrected chi connectivity index (χ1v) is 8.16. The molecule has 2 aromatic rings.